The SMILES string of the molecule is O=C(Nc1cccc(-c2cccc3nc(Nc4ccc(OCCN5CCCC5)cc4)nn23)c1)c1ccccc1. The van der Waals surface area contributed by atoms with E-state index in [1.54, 1.807) is 16.6 Å². The molecule has 2 N–H and O–H groups in total. The standard InChI is InChI=1S/C31H30N6O2/c38-30(23-8-2-1-3-9-23)32-26-11-6-10-24(22-26)28-12-7-13-29-34-31(35-37(28)29)33-25-14-16-27(17-15-25)39-21-20-36-18-4-5-19-36/h1-3,6-17,22H,4-5,18-21H2,(H,32,38)(H,33,35). The van der Waals surface area contributed by atoms with E-state index >= 15 is 0 Å². The number of amides is 1. The van der Waals surface area contributed by atoms with Crippen molar-refractivity contribution in [3.05, 3.63) is 103 Å². The number of carbonyl (C=O) groups is 1. The normalized spacial score (nSPS) is 13.4. The van der Waals surface area contributed by atoms with E-state index in [0.717, 1.165) is 34.9 Å². The fraction of sp³-hybridized carbons (Fsp3) is 0.194. The molecule has 0 radical (unpaired) electrons. The van der Waals surface area contributed by atoms with E-state index in [0.29, 0.717) is 23.8 Å². The van der Waals surface area contributed by atoms with Crippen molar-refractivity contribution in [1.29, 1.82) is 0 Å². The number of ether oxygens (including phenoxy) is 1. The Kier molecular flexibility index (Phi) is 7.18. The largest absolute Gasteiger partial charge is 0.492 e. The number of nitrogens with one attached hydrogen (secondary N) is 2. The van der Waals surface area contributed by atoms with Crippen molar-refractivity contribution in [3.63, 3.8) is 0 Å². The number of anilines is 3. The Bertz CT molecular complexity index is 1560. The minimum absolute atomic E-state index is 0.152. The average molecular weight is 519 g/mol. The van der Waals surface area contributed by atoms with Crippen LogP contribution in [0.5, 0.6) is 5.75 Å². The summed E-state index contributed by atoms with van der Waals surface area (Å²) in [6, 6.07) is 30.6. The topological polar surface area (TPSA) is 83.8 Å². The highest BCUT2D eigenvalue weighted by atomic mass is 16.5. The molecule has 8 nitrogen and oxygen atoms in total. The predicted molar refractivity (Wildman–Crippen MR) is 154 cm³/mol. The molecule has 39 heavy (non-hydrogen) atoms. The van der Waals surface area contributed by atoms with Crippen molar-refractivity contribution >= 4 is 28.9 Å². The Labute approximate surface area is 227 Å². The zero-order chi connectivity index (χ0) is 26.4. The summed E-state index contributed by atoms with van der Waals surface area (Å²) in [6.07, 6.45) is 2.58. The lowest BCUT2D eigenvalue weighted by atomic mass is 10.1. The van der Waals surface area contributed by atoms with E-state index < -0.39 is 0 Å². The van der Waals surface area contributed by atoms with Crippen molar-refractivity contribution in [1.82, 2.24) is 19.5 Å². The maximum Gasteiger partial charge on any atom is 0.255 e. The van der Waals surface area contributed by atoms with E-state index in [4.69, 9.17) is 9.84 Å². The van der Waals surface area contributed by atoms with Gasteiger partial charge in [0.15, 0.2) is 5.65 Å². The van der Waals surface area contributed by atoms with Crippen LogP contribution in [-0.2, 0) is 0 Å². The second-order valence-electron chi connectivity index (χ2n) is 9.56. The molecule has 1 aliphatic heterocycles. The molecule has 3 aromatic carbocycles. The van der Waals surface area contributed by atoms with Crippen LogP contribution in [0, 0.1) is 0 Å². The minimum Gasteiger partial charge on any atom is -0.492 e. The van der Waals surface area contributed by atoms with Gasteiger partial charge in [-0.2, -0.15) is 4.98 Å². The number of aromatic nitrogens is 3. The van der Waals surface area contributed by atoms with E-state index in [1.165, 1.54) is 25.9 Å². The number of hydrogen-bond acceptors (Lipinski definition) is 6. The number of pyridine rings is 1. The second kappa shape index (κ2) is 11.4. The van der Waals surface area contributed by atoms with Crippen LogP contribution in [0.1, 0.15) is 23.2 Å². The number of likely N-dealkylation sites (tertiary alicyclic amines) is 1. The summed E-state index contributed by atoms with van der Waals surface area (Å²) in [6.45, 7) is 4.02. The maximum absolute atomic E-state index is 12.6. The van der Waals surface area contributed by atoms with E-state index in [1.807, 2.05) is 84.9 Å². The Morgan fingerprint density at radius 3 is 2.46 bits per heavy atom. The first kappa shape index (κ1) is 24.6. The number of hydrogen-bond donors (Lipinski definition) is 2. The maximum atomic E-state index is 12.6. The van der Waals surface area contributed by atoms with Crippen molar-refractivity contribution in [2.75, 3.05) is 36.9 Å². The summed E-state index contributed by atoms with van der Waals surface area (Å²) >= 11 is 0. The minimum atomic E-state index is -0.152. The molecule has 3 heterocycles. The number of nitrogens with zero attached hydrogens (tertiary/aromatic N) is 4. The Balaban J connectivity index is 1.14. The Hall–Kier alpha value is -4.69. The highest BCUT2D eigenvalue weighted by molar-refractivity contribution is 6.04. The van der Waals surface area contributed by atoms with Gasteiger partial charge in [0.05, 0.1) is 5.69 Å². The molecule has 0 spiro atoms. The summed E-state index contributed by atoms with van der Waals surface area (Å²) in [5.74, 6) is 1.20. The highest BCUT2D eigenvalue weighted by Crippen LogP contribution is 2.25. The third kappa shape index (κ3) is 5.91. The zero-order valence-electron chi connectivity index (χ0n) is 21.6. The first-order valence-electron chi connectivity index (χ1n) is 13.3. The molecule has 6 rings (SSSR count). The van der Waals surface area contributed by atoms with Crippen LogP contribution in [0.25, 0.3) is 16.9 Å². The number of benzene rings is 3. The summed E-state index contributed by atoms with van der Waals surface area (Å²) in [5, 5.41) is 11.0. The third-order valence-corrected chi connectivity index (χ3v) is 6.80. The first-order chi connectivity index (χ1) is 19.2. The molecule has 0 aliphatic carbocycles. The van der Waals surface area contributed by atoms with Gasteiger partial charge >= 0.3 is 0 Å². The molecule has 2 aromatic heterocycles. The molecule has 1 saturated heterocycles. The molecule has 0 saturated carbocycles. The Morgan fingerprint density at radius 2 is 1.64 bits per heavy atom. The van der Waals surface area contributed by atoms with Crippen molar-refractivity contribution in [2.24, 2.45) is 0 Å². The monoisotopic (exact) mass is 518 g/mol. The lowest BCUT2D eigenvalue weighted by molar-refractivity contribution is 0.102. The molecular formula is C31H30N6O2. The van der Waals surface area contributed by atoms with E-state index in [2.05, 4.69) is 20.5 Å². The fourth-order valence-electron chi connectivity index (χ4n) is 4.79. The third-order valence-electron chi connectivity index (χ3n) is 6.80. The molecule has 8 heteroatoms. The summed E-state index contributed by atoms with van der Waals surface area (Å²) in [4.78, 5) is 19.7. The first-order valence-corrected chi connectivity index (χ1v) is 13.3. The summed E-state index contributed by atoms with van der Waals surface area (Å²) < 4.78 is 7.72. The zero-order valence-corrected chi connectivity index (χ0v) is 21.6. The lowest BCUT2D eigenvalue weighted by Crippen LogP contribution is -2.25. The highest BCUT2D eigenvalue weighted by Gasteiger charge is 2.12. The van der Waals surface area contributed by atoms with Gasteiger partial charge in [0.1, 0.15) is 12.4 Å². The van der Waals surface area contributed by atoms with Crippen LogP contribution in [0.2, 0.25) is 0 Å². The Morgan fingerprint density at radius 1 is 0.846 bits per heavy atom. The van der Waals surface area contributed by atoms with Gasteiger partial charge < -0.3 is 15.4 Å². The van der Waals surface area contributed by atoms with Gasteiger partial charge in [0, 0.05) is 29.0 Å². The summed E-state index contributed by atoms with van der Waals surface area (Å²) in [7, 11) is 0. The van der Waals surface area contributed by atoms with Crippen LogP contribution >= 0.6 is 0 Å². The molecule has 0 unspecified atom stereocenters. The molecule has 0 atom stereocenters. The van der Waals surface area contributed by atoms with E-state index in [-0.39, 0.29) is 5.91 Å². The fourth-order valence-corrected chi connectivity index (χ4v) is 4.79. The van der Waals surface area contributed by atoms with Crippen LogP contribution in [-0.4, -0.2) is 51.6 Å². The number of rotatable bonds is 9. The van der Waals surface area contributed by atoms with Gasteiger partial charge in [-0.15, -0.1) is 5.10 Å². The molecule has 1 fully saturated rings. The van der Waals surface area contributed by atoms with Crippen LogP contribution in [0.4, 0.5) is 17.3 Å². The van der Waals surface area contributed by atoms with Crippen LogP contribution < -0.4 is 15.4 Å². The van der Waals surface area contributed by atoms with Gasteiger partial charge in [-0.3, -0.25) is 9.69 Å². The van der Waals surface area contributed by atoms with Crippen LogP contribution in [0.3, 0.4) is 0 Å². The molecule has 1 aliphatic rings. The van der Waals surface area contributed by atoms with Crippen molar-refractivity contribution < 1.29 is 9.53 Å². The van der Waals surface area contributed by atoms with Gasteiger partial charge in [0.2, 0.25) is 5.95 Å². The quantitative estimate of drug-likeness (QED) is 0.254. The van der Waals surface area contributed by atoms with Crippen molar-refractivity contribution in [2.45, 2.75) is 12.8 Å². The average Bonchev–Trinajstić information content (AvgIpc) is 3.64. The van der Waals surface area contributed by atoms with Gasteiger partial charge in [0.25, 0.3) is 5.91 Å². The molecule has 0 bridgehead atoms. The lowest BCUT2D eigenvalue weighted by Gasteiger charge is -2.15. The van der Waals surface area contributed by atoms with E-state index in [9.17, 15) is 4.79 Å². The van der Waals surface area contributed by atoms with Crippen LogP contribution in [0.15, 0.2) is 97.1 Å². The predicted octanol–water partition coefficient (Wildman–Crippen LogP) is 5.87. The number of carbonyl (C=O) groups excluding carboxylic acids is 1. The molecule has 1 amide bonds. The molecular weight excluding hydrogens is 488 g/mol. The van der Waals surface area contributed by atoms with Gasteiger partial charge in [-0.05, 0) is 86.6 Å². The molecule has 196 valence electrons. The van der Waals surface area contributed by atoms with Gasteiger partial charge in [-0.25, -0.2) is 4.52 Å². The number of fused-ring (bicyclic) bond motifs is 1. The summed E-state index contributed by atoms with van der Waals surface area (Å²) in [5.41, 5.74) is 4.70. The van der Waals surface area contributed by atoms with Crippen molar-refractivity contribution in [3.8, 4) is 17.0 Å². The second-order valence-corrected chi connectivity index (χ2v) is 9.56. The smallest absolute Gasteiger partial charge is 0.255 e. The van der Waals surface area contributed by atoms with Gasteiger partial charge in [-0.1, -0.05) is 36.4 Å². The molecule has 5 aromatic rings.